The Kier molecular flexibility index (Phi) is 4.09. The van der Waals surface area contributed by atoms with Gasteiger partial charge >= 0.3 is 0 Å². The van der Waals surface area contributed by atoms with Crippen molar-refractivity contribution < 1.29 is 14.1 Å². The fraction of sp³-hybridized carbons (Fsp3) is 0. The minimum absolute atomic E-state index is 0.00268. The quantitative estimate of drug-likeness (QED) is 0.406. The number of halogens is 2. The summed E-state index contributed by atoms with van der Waals surface area (Å²) in [5, 5.41) is 15.1. The van der Waals surface area contributed by atoms with E-state index in [1.165, 1.54) is 4.68 Å². The Morgan fingerprint density at radius 3 is 2.54 bits per heavy atom. The number of rotatable bonds is 4. The molecule has 3 aromatic rings. The van der Waals surface area contributed by atoms with E-state index in [2.05, 4.69) is 5.10 Å². The summed E-state index contributed by atoms with van der Waals surface area (Å²) in [6.07, 6.45) is 0.447. The van der Waals surface area contributed by atoms with E-state index in [9.17, 15) is 19.3 Å². The lowest BCUT2D eigenvalue weighted by atomic mass is 10.1. The summed E-state index contributed by atoms with van der Waals surface area (Å²) < 4.78 is 15.4. The summed E-state index contributed by atoms with van der Waals surface area (Å²) in [7, 11) is 0. The molecule has 0 amide bonds. The van der Waals surface area contributed by atoms with Crippen LogP contribution in [0.4, 0.5) is 10.1 Å². The van der Waals surface area contributed by atoms with Crippen LogP contribution in [0.15, 0.2) is 48.5 Å². The van der Waals surface area contributed by atoms with Crippen molar-refractivity contribution in [1.82, 2.24) is 9.78 Å². The Labute approximate surface area is 140 Å². The lowest BCUT2D eigenvalue weighted by Crippen LogP contribution is -1.97. The number of hydrogen-bond acceptors (Lipinski definition) is 4. The van der Waals surface area contributed by atoms with Crippen molar-refractivity contribution in [2.45, 2.75) is 0 Å². The molecule has 1 heterocycles. The van der Waals surface area contributed by atoms with Crippen molar-refractivity contribution in [1.29, 1.82) is 0 Å². The van der Waals surface area contributed by atoms with E-state index in [-0.39, 0.29) is 27.7 Å². The van der Waals surface area contributed by atoms with E-state index < -0.39 is 10.7 Å². The predicted molar refractivity (Wildman–Crippen MR) is 86.0 cm³/mol. The molecule has 0 spiro atoms. The molecule has 0 radical (unpaired) electrons. The van der Waals surface area contributed by atoms with Crippen molar-refractivity contribution in [3.63, 3.8) is 0 Å². The van der Waals surface area contributed by atoms with Crippen LogP contribution in [-0.2, 0) is 0 Å². The maximum Gasteiger partial charge on any atom is 0.270 e. The Hall–Kier alpha value is -3.06. The van der Waals surface area contributed by atoms with Crippen LogP contribution in [-0.4, -0.2) is 21.0 Å². The number of para-hydroxylation sites is 1. The first-order chi connectivity index (χ1) is 11.5. The van der Waals surface area contributed by atoms with Crippen LogP contribution in [0.1, 0.15) is 10.4 Å². The molecule has 8 heteroatoms. The second-order valence-electron chi connectivity index (χ2n) is 4.84. The number of benzene rings is 2. The molecular weight excluding hydrogens is 337 g/mol. The first-order valence-corrected chi connectivity index (χ1v) is 7.14. The molecule has 1 aromatic heterocycles. The molecule has 0 N–H and O–H groups in total. The lowest BCUT2D eigenvalue weighted by molar-refractivity contribution is -0.384. The molecule has 0 saturated heterocycles. The molecule has 24 heavy (non-hydrogen) atoms. The number of nitro groups is 1. The molecular formula is C16H9ClFN3O3. The van der Waals surface area contributed by atoms with Gasteiger partial charge in [-0.05, 0) is 18.2 Å². The lowest BCUT2D eigenvalue weighted by Gasteiger charge is -2.02. The third-order valence-corrected chi connectivity index (χ3v) is 3.76. The number of aromatic nitrogens is 2. The maximum absolute atomic E-state index is 14.1. The third kappa shape index (κ3) is 2.65. The molecule has 0 saturated carbocycles. The Morgan fingerprint density at radius 1 is 1.21 bits per heavy atom. The highest BCUT2D eigenvalue weighted by Crippen LogP contribution is 2.33. The number of aldehydes is 1. The van der Waals surface area contributed by atoms with E-state index in [0.717, 1.165) is 18.2 Å². The summed E-state index contributed by atoms with van der Waals surface area (Å²) in [4.78, 5) is 21.7. The average molecular weight is 346 g/mol. The molecule has 0 aliphatic heterocycles. The molecule has 0 aliphatic rings. The largest absolute Gasteiger partial charge is 0.298 e. The highest BCUT2D eigenvalue weighted by atomic mass is 35.5. The SMILES string of the molecule is O=Cc1c(-c2cc([N+](=O)[O-])ccc2F)nn(-c2ccccc2)c1Cl. The van der Waals surface area contributed by atoms with Gasteiger partial charge in [-0.2, -0.15) is 5.10 Å². The second-order valence-corrected chi connectivity index (χ2v) is 5.20. The summed E-state index contributed by atoms with van der Waals surface area (Å²) in [5.41, 5.74) is -0.000765. The number of carbonyl (C=O) groups excluding carboxylic acids is 1. The minimum atomic E-state index is -0.738. The van der Waals surface area contributed by atoms with Gasteiger partial charge in [0.05, 0.1) is 16.2 Å². The fourth-order valence-corrected chi connectivity index (χ4v) is 2.53. The molecule has 3 rings (SSSR count). The molecule has 0 atom stereocenters. The van der Waals surface area contributed by atoms with Gasteiger partial charge in [0.25, 0.3) is 5.69 Å². The monoisotopic (exact) mass is 345 g/mol. The Morgan fingerprint density at radius 2 is 1.92 bits per heavy atom. The van der Waals surface area contributed by atoms with Crippen molar-refractivity contribution in [2.75, 3.05) is 0 Å². The van der Waals surface area contributed by atoms with Gasteiger partial charge in [0.1, 0.15) is 16.7 Å². The zero-order valence-electron chi connectivity index (χ0n) is 12.0. The highest BCUT2D eigenvalue weighted by molar-refractivity contribution is 6.32. The van der Waals surface area contributed by atoms with Crippen LogP contribution in [0, 0.1) is 15.9 Å². The summed E-state index contributed by atoms with van der Waals surface area (Å²) in [6.45, 7) is 0. The summed E-state index contributed by atoms with van der Waals surface area (Å²) in [5.74, 6) is -0.738. The molecule has 2 aromatic carbocycles. The molecule has 120 valence electrons. The van der Waals surface area contributed by atoms with Crippen LogP contribution in [0.2, 0.25) is 5.15 Å². The molecule has 0 fully saturated rings. The van der Waals surface area contributed by atoms with Gasteiger partial charge in [-0.25, -0.2) is 9.07 Å². The Bertz CT molecular complexity index is 941. The van der Waals surface area contributed by atoms with Crippen molar-refractivity contribution in [3.05, 3.63) is 75.2 Å². The predicted octanol–water partition coefficient (Wildman–Crippen LogP) is 4.05. The first kappa shape index (κ1) is 15.8. The van der Waals surface area contributed by atoms with Gasteiger partial charge in [0.2, 0.25) is 0 Å². The number of nitrogens with zero attached hydrogens (tertiary/aromatic N) is 3. The van der Waals surface area contributed by atoms with Crippen LogP contribution in [0.25, 0.3) is 16.9 Å². The molecule has 0 aliphatic carbocycles. The first-order valence-electron chi connectivity index (χ1n) is 6.76. The topological polar surface area (TPSA) is 78.0 Å². The second kappa shape index (κ2) is 6.21. The zero-order valence-corrected chi connectivity index (χ0v) is 12.8. The number of carbonyl (C=O) groups is 1. The minimum Gasteiger partial charge on any atom is -0.298 e. The van der Waals surface area contributed by atoms with E-state index >= 15 is 0 Å². The van der Waals surface area contributed by atoms with Crippen LogP contribution >= 0.6 is 11.6 Å². The smallest absolute Gasteiger partial charge is 0.270 e. The van der Waals surface area contributed by atoms with Gasteiger partial charge in [-0.1, -0.05) is 29.8 Å². The average Bonchev–Trinajstić information content (AvgIpc) is 2.92. The van der Waals surface area contributed by atoms with Gasteiger partial charge in [0.15, 0.2) is 6.29 Å². The van der Waals surface area contributed by atoms with Gasteiger partial charge in [0, 0.05) is 17.7 Å². The van der Waals surface area contributed by atoms with Gasteiger partial charge in [-0.15, -0.1) is 0 Å². The van der Waals surface area contributed by atoms with Crippen LogP contribution < -0.4 is 0 Å². The third-order valence-electron chi connectivity index (χ3n) is 3.40. The van der Waals surface area contributed by atoms with Gasteiger partial charge < -0.3 is 0 Å². The van der Waals surface area contributed by atoms with E-state index in [4.69, 9.17) is 11.6 Å². The van der Waals surface area contributed by atoms with Crippen molar-refractivity contribution >= 4 is 23.6 Å². The number of hydrogen-bond donors (Lipinski definition) is 0. The number of non-ortho nitro benzene ring substituents is 1. The van der Waals surface area contributed by atoms with E-state index in [1.807, 2.05) is 0 Å². The zero-order chi connectivity index (χ0) is 17.3. The molecule has 0 bridgehead atoms. The summed E-state index contributed by atoms with van der Waals surface area (Å²) >= 11 is 6.18. The fourth-order valence-electron chi connectivity index (χ4n) is 2.26. The number of nitro benzene ring substituents is 1. The maximum atomic E-state index is 14.1. The normalized spacial score (nSPS) is 10.6. The molecule has 6 nitrogen and oxygen atoms in total. The molecule has 0 unspecified atom stereocenters. The van der Waals surface area contributed by atoms with E-state index in [1.54, 1.807) is 30.3 Å². The van der Waals surface area contributed by atoms with Gasteiger partial charge in [-0.3, -0.25) is 14.9 Å². The standard InChI is InChI=1S/C16H9ClFN3O3/c17-16-13(9-22)15(19-20(16)10-4-2-1-3-5-10)12-8-11(21(23)24)6-7-14(12)18/h1-9H. The van der Waals surface area contributed by atoms with E-state index in [0.29, 0.717) is 12.0 Å². The highest BCUT2D eigenvalue weighted by Gasteiger charge is 2.22. The van der Waals surface area contributed by atoms with Crippen molar-refractivity contribution in [3.8, 4) is 16.9 Å². The Balaban J connectivity index is 2.24. The summed E-state index contributed by atoms with van der Waals surface area (Å²) in [6, 6.07) is 11.7. The van der Waals surface area contributed by atoms with Crippen molar-refractivity contribution in [2.24, 2.45) is 0 Å². The van der Waals surface area contributed by atoms with Crippen LogP contribution in [0.5, 0.6) is 0 Å². The van der Waals surface area contributed by atoms with Crippen LogP contribution in [0.3, 0.4) is 0 Å².